The van der Waals surface area contributed by atoms with E-state index in [9.17, 15) is 14.4 Å². The van der Waals surface area contributed by atoms with Gasteiger partial charge in [0.05, 0.1) is 13.0 Å². The maximum Gasteiger partial charge on any atom is 0.303 e. The van der Waals surface area contributed by atoms with E-state index < -0.39 is 5.97 Å². The van der Waals surface area contributed by atoms with E-state index in [0.29, 0.717) is 18.7 Å². The number of carboxylic acids is 1. The van der Waals surface area contributed by atoms with Crippen LogP contribution in [0.5, 0.6) is 0 Å². The fourth-order valence-corrected chi connectivity index (χ4v) is 2.31. The van der Waals surface area contributed by atoms with Crippen LogP contribution in [-0.2, 0) is 9.59 Å². The van der Waals surface area contributed by atoms with Gasteiger partial charge in [-0.05, 0) is 19.1 Å². The first-order chi connectivity index (χ1) is 9.95. The van der Waals surface area contributed by atoms with Crippen molar-refractivity contribution in [1.82, 2.24) is 10.2 Å². The van der Waals surface area contributed by atoms with Crippen molar-refractivity contribution in [2.75, 3.05) is 19.6 Å². The van der Waals surface area contributed by atoms with Crippen LogP contribution in [0.3, 0.4) is 0 Å². The third kappa shape index (κ3) is 4.05. The van der Waals surface area contributed by atoms with Crippen molar-refractivity contribution in [3.63, 3.8) is 0 Å². The molecule has 0 spiro atoms. The first kappa shape index (κ1) is 15.0. The van der Waals surface area contributed by atoms with E-state index in [2.05, 4.69) is 5.32 Å². The first-order valence-corrected chi connectivity index (χ1v) is 6.80. The highest BCUT2D eigenvalue weighted by Gasteiger charge is 2.31. The molecule has 112 valence electrons. The van der Waals surface area contributed by atoms with Crippen molar-refractivity contribution in [3.05, 3.63) is 35.4 Å². The number of nitrogens with one attached hydrogen (secondary N) is 1. The molecule has 0 unspecified atom stereocenters. The first-order valence-electron chi connectivity index (χ1n) is 6.80. The molecule has 2 N–H and O–H groups in total. The average molecular weight is 290 g/mol. The summed E-state index contributed by atoms with van der Waals surface area (Å²) in [6.45, 7) is 2.73. The van der Waals surface area contributed by atoms with E-state index in [1.807, 2.05) is 13.0 Å². The van der Waals surface area contributed by atoms with Crippen LogP contribution in [0.1, 0.15) is 22.3 Å². The van der Waals surface area contributed by atoms with Crippen molar-refractivity contribution < 1.29 is 19.5 Å². The summed E-state index contributed by atoms with van der Waals surface area (Å²) in [5.74, 6) is -1.29. The Morgan fingerprint density at radius 2 is 2.05 bits per heavy atom. The molecule has 0 aromatic heterocycles. The Labute approximate surface area is 122 Å². The smallest absolute Gasteiger partial charge is 0.303 e. The molecular formula is C15H18N2O4. The Morgan fingerprint density at radius 3 is 2.67 bits per heavy atom. The minimum Gasteiger partial charge on any atom is -0.481 e. The molecule has 1 saturated heterocycles. The molecule has 2 rings (SSSR count). The van der Waals surface area contributed by atoms with Gasteiger partial charge in [-0.15, -0.1) is 0 Å². The van der Waals surface area contributed by atoms with Gasteiger partial charge in [-0.25, -0.2) is 0 Å². The molecule has 0 saturated carbocycles. The molecule has 0 bridgehead atoms. The molecule has 1 aliphatic rings. The Balaban J connectivity index is 1.75. The second-order valence-electron chi connectivity index (χ2n) is 5.31. The van der Waals surface area contributed by atoms with E-state index >= 15 is 0 Å². The topological polar surface area (TPSA) is 86.7 Å². The normalized spacial score (nSPS) is 14.4. The van der Waals surface area contributed by atoms with Crippen molar-refractivity contribution in [2.45, 2.75) is 13.3 Å². The average Bonchev–Trinajstić information content (AvgIpc) is 2.39. The van der Waals surface area contributed by atoms with Gasteiger partial charge in [0.25, 0.3) is 5.91 Å². The maximum atomic E-state index is 11.9. The number of carboxylic acid groups (broad SMARTS) is 1. The molecular weight excluding hydrogens is 272 g/mol. The lowest BCUT2D eigenvalue weighted by Crippen LogP contribution is -2.53. The number of amides is 2. The molecule has 1 aliphatic heterocycles. The molecule has 0 aliphatic carbocycles. The van der Waals surface area contributed by atoms with E-state index in [0.717, 1.165) is 5.56 Å². The summed E-state index contributed by atoms with van der Waals surface area (Å²) in [5.41, 5.74) is 1.50. The maximum absolute atomic E-state index is 11.9. The highest BCUT2D eigenvalue weighted by atomic mass is 16.4. The number of benzene rings is 1. The lowest BCUT2D eigenvalue weighted by molar-refractivity contribution is -0.144. The van der Waals surface area contributed by atoms with E-state index in [-0.39, 0.29) is 30.7 Å². The van der Waals surface area contributed by atoms with Crippen molar-refractivity contribution in [2.24, 2.45) is 5.92 Å². The standard InChI is InChI=1S/C15H18N2O4/c1-10-3-2-4-12(5-10)15(21)16-7-13(18)17-8-11(9-17)6-14(19)20/h2-5,11H,6-9H2,1H3,(H,16,21)(H,19,20). The van der Waals surface area contributed by atoms with Gasteiger partial charge in [-0.2, -0.15) is 0 Å². The summed E-state index contributed by atoms with van der Waals surface area (Å²) in [4.78, 5) is 35.8. The van der Waals surface area contributed by atoms with Crippen molar-refractivity contribution in [1.29, 1.82) is 0 Å². The van der Waals surface area contributed by atoms with Crippen LogP contribution in [0, 0.1) is 12.8 Å². The summed E-state index contributed by atoms with van der Waals surface area (Å²) in [6.07, 6.45) is 0.0828. The van der Waals surface area contributed by atoms with Gasteiger partial charge in [0.2, 0.25) is 5.91 Å². The second kappa shape index (κ2) is 6.39. The number of aryl methyl sites for hydroxylation is 1. The Hall–Kier alpha value is -2.37. The predicted molar refractivity (Wildman–Crippen MR) is 75.8 cm³/mol. The van der Waals surface area contributed by atoms with Crippen LogP contribution in [0.2, 0.25) is 0 Å². The molecule has 2 amide bonds. The molecule has 0 radical (unpaired) electrons. The molecule has 1 aromatic carbocycles. The van der Waals surface area contributed by atoms with E-state index in [4.69, 9.17) is 5.11 Å². The van der Waals surface area contributed by atoms with Gasteiger partial charge >= 0.3 is 5.97 Å². The van der Waals surface area contributed by atoms with Gasteiger partial charge < -0.3 is 15.3 Å². The number of carbonyl (C=O) groups is 3. The van der Waals surface area contributed by atoms with Crippen LogP contribution in [-0.4, -0.2) is 47.4 Å². The molecule has 1 aromatic rings. The molecule has 0 atom stereocenters. The fourth-order valence-electron chi connectivity index (χ4n) is 2.31. The third-order valence-corrected chi connectivity index (χ3v) is 3.45. The summed E-state index contributed by atoms with van der Waals surface area (Å²) in [7, 11) is 0. The highest BCUT2D eigenvalue weighted by molar-refractivity contribution is 5.96. The van der Waals surface area contributed by atoms with E-state index in [1.54, 1.807) is 23.1 Å². The van der Waals surface area contributed by atoms with Crippen LogP contribution in [0.15, 0.2) is 24.3 Å². The second-order valence-corrected chi connectivity index (χ2v) is 5.31. The highest BCUT2D eigenvalue weighted by Crippen LogP contribution is 2.18. The molecule has 6 nitrogen and oxygen atoms in total. The van der Waals surface area contributed by atoms with Crippen molar-refractivity contribution in [3.8, 4) is 0 Å². The lowest BCUT2D eigenvalue weighted by atomic mass is 9.96. The van der Waals surface area contributed by atoms with Gasteiger partial charge in [0.1, 0.15) is 0 Å². The van der Waals surface area contributed by atoms with Crippen LogP contribution in [0.25, 0.3) is 0 Å². The van der Waals surface area contributed by atoms with Gasteiger partial charge in [0.15, 0.2) is 0 Å². The number of hydrogen-bond donors (Lipinski definition) is 2. The Kier molecular flexibility index (Phi) is 4.57. The molecule has 21 heavy (non-hydrogen) atoms. The van der Waals surface area contributed by atoms with E-state index in [1.165, 1.54) is 0 Å². The zero-order valence-electron chi connectivity index (χ0n) is 11.8. The Bertz CT molecular complexity index is 565. The van der Waals surface area contributed by atoms with Crippen LogP contribution >= 0.6 is 0 Å². The monoisotopic (exact) mass is 290 g/mol. The number of carbonyl (C=O) groups excluding carboxylic acids is 2. The minimum absolute atomic E-state index is 0.0268. The molecule has 1 fully saturated rings. The SMILES string of the molecule is Cc1cccc(C(=O)NCC(=O)N2CC(CC(=O)O)C2)c1. The van der Waals surface area contributed by atoms with Crippen LogP contribution in [0.4, 0.5) is 0 Å². The van der Waals surface area contributed by atoms with Gasteiger partial charge in [0, 0.05) is 24.6 Å². The number of hydrogen-bond acceptors (Lipinski definition) is 3. The fraction of sp³-hybridized carbons (Fsp3) is 0.400. The molecule has 6 heteroatoms. The summed E-state index contributed by atoms with van der Waals surface area (Å²) in [5, 5.41) is 11.2. The Morgan fingerprint density at radius 1 is 1.33 bits per heavy atom. The van der Waals surface area contributed by atoms with Crippen LogP contribution < -0.4 is 5.32 Å². The number of likely N-dealkylation sites (tertiary alicyclic amines) is 1. The predicted octanol–water partition coefficient (Wildman–Crippen LogP) is 0.658. The minimum atomic E-state index is -0.847. The zero-order chi connectivity index (χ0) is 15.4. The summed E-state index contributed by atoms with van der Waals surface area (Å²) < 4.78 is 0. The lowest BCUT2D eigenvalue weighted by Gasteiger charge is -2.38. The third-order valence-electron chi connectivity index (χ3n) is 3.45. The summed E-state index contributed by atoms with van der Waals surface area (Å²) in [6, 6.07) is 7.13. The number of nitrogens with zero attached hydrogens (tertiary/aromatic N) is 1. The summed E-state index contributed by atoms with van der Waals surface area (Å²) >= 11 is 0. The largest absolute Gasteiger partial charge is 0.481 e. The zero-order valence-corrected chi connectivity index (χ0v) is 11.8. The number of rotatable bonds is 5. The van der Waals surface area contributed by atoms with Gasteiger partial charge in [-0.3, -0.25) is 14.4 Å². The number of aliphatic carboxylic acids is 1. The van der Waals surface area contributed by atoms with Crippen molar-refractivity contribution >= 4 is 17.8 Å². The van der Waals surface area contributed by atoms with Gasteiger partial charge in [-0.1, -0.05) is 17.7 Å². The molecule has 1 heterocycles. The quantitative estimate of drug-likeness (QED) is 0.834.